The highest BCUT2D eigenvalue weighted by Gasteiger charge is 2.50. The molecule has 132 valence electrons. The minimum absolute atomic E-state index is 0.251. The number of hydrogen-bond donors (Lipinski definition) is 0. The Balaban J connectivity index is 1.46. The van der Waals surface area contributed by atoms with Crippen LogP contribution in [0.3, 0.4) is 0 Å². The van der Waals surface area contributed by atoms with Crippen molar-refractivity contribution < 1.29 is 28.7 Å². The smallest absolute Gasteiger partial charge is 0.339 e. The topological polar surface area (TPSA) is 82.1 Å². The molecule has 1 spiro atoms. The zero-order chi connectivity index (χ0) is 17.7. The Hall–Kier alpha value is -2.25. The molecule has 0 radical (unpaired) electrons. The van der Waals surface area contributed by atoms with Crippen molar-refractivity contribution in [1.82, 2.24) is 5.06 Å². The van der Waals surface area contributed by atoms with E-state index >= 15 is 0 Å². The molecule has 7 heteroatoms. The van der Waals surface area contributed by atoms with Gasteiger partial charge in [-0.2, -0.15) is 0 Å². The van der Waals surface area contributed by atoms with E-state index in [1.807, 2.05) is 0 Å². The number of benzene rings is 1. The molecule has 3 aliphatic rings. The summed E-state index contributed by atoms with van der Waals surface area (Å²) >= 11 is 0. The Labute approximate surface area is 144 Å². The van der Waals surface area contributed by atoms with Gasteiger partial charge in [-0.3, -0.25) is 9.59 Å². The Morgan fingerprint density at radius 3 is 2.04 bits per heavy atom. The molecule has 25 heavy (non-hydrogen) atoms. The van der Waals surface area contributed by atoms with Crippen LogP contribution in [0.4, 0.5) is 0 Å². The van der Waals surface area contributed by atoms with Gasteiger partial charge in [-0.1, -0.05) is 17.2 Å². The van der Waals surface area contributed by atoms with E-state index < -0.39 is 29.0 Å². The molecular weight excluding hydrogens is 326 g/mol. The molecule has 1 aliphatic carbocycles. The third kappa shape index (κ3) is 2.54. The maximum Gasteiger partial charge on any atom is 0.339 e. The third-order valence-corrected chi connectivity index (χ3v) is 5.35. The highest BCUT2D eigenvalue weighted by atomic mass is 16.7. The van der Waals surface area contributed by atoms with Crippen LogP contribution < -0.4 is 0 Å². The van der Waals surface area contributed by atoms with Gasteiger partial charge in [0.25, 0.3) is 11.8 Å². The van der Waals surface area contributed by atoms with E-state index in [4.69, 9.17) is 14.3 Å². The summed E-state index contributed by atoms with van der Waals surface area (Å²) in [6.07, 6.45) is 2.19. The number of amides is 2. The first kappa shape index (κ1) is 16.2. The molecule has 0 unspecified atom stereocenters. The number of fused-ring (bicyclic) bond motifs is 1. The molecule has 1 aromatic rings. The summed E-state index contributed by atoms with van der Waals surface area (Å²) < 4.78 is 11.3. The molecule has 2 aliphatic heterocycles. The zero-order valence-electron chi connectivity index (χ0n) is 13.9. The number of rotatable bonds is 2. The summed E-state index contributed by atoms with van der Waals surface area (Å²) in [6, 6.07) is 6.42. The van der Waals surface area contributed by atoms with Crippen molar-refractivity contribution in [1.29, 1.82) is 0 Å². The SMILES string of the molecule is CC1(C(=O)ON2C(=O)c3ccccc3C2=O)CCC2(CC1)OCCO2. The van der Waals surface area contributed by atoms with Gasteiger partial charge in [-0.25, -0.2) is 4.79 Å². The number of carbonyl (C=O) groups is 3. The minimum Gasteiger partial charge on any atom is -0.348 e. The van der Waals surface area contributed by atoms with Crippen LogP contribution in [0.5, 0.6) is 0 Å². The molecule has 2 amide bonds. The van der Waals surface area contributed by atoms with Gasteiger partial charge in [-0.05, 0) is 31.9 Å². The number of hydroxylamine groups is 2. The van der Waals surface area contributed by atoms with Gasteiger partial charge in [0.05, 0.1) is 29.8 Å². The van der Waals surface area contributed by atoms with Crippen LogP contribution in [0.25, 0.3) is 0 Å². The monoisotopic (exact) mass is 345 g/mol. The van der Waals surface area contributed by atoms with Gasteiger partial charge in [0.2, 0.25) is 0 Å². The number of imide groups is 1. The van der Waals surface area contributed by atoms with E-state index in [2.05, 4.69) is 0 Å². The van der Waals surface area contributed by atoms with E-state index in [1.165, 1.54) is 0 Å². The highest BCUT2D eigenvalue weighted by molar-refractivity contribution is 6.20. The molecule has 0 aromatic heterocycles. The van der Waals surface area contributed by atoms with E-state index in [9.17, 15) is 14.4 Å². The van der Waals surface area contributed by atoms with Crippen LogP contribution in [-0.4, -0.2) is 41.8 Å². The summed E-state index contributed by atoms with van der Waals surface area (Å²) in [7, 11) is 0. The van der Waals surface area contributed by atoms with Gasteiger partial charge in [0.15, 0.2) is 5.79 Å². The lowest BCUT2D eigenvalue weighted by Crippen LogP contribution is -2.45. The average molecular weight is 345 g/mol. The lowest BCUT2D eigenvalue weighted by Gasteiger charge is -2.39. The number of carbonyl (C=O) groups excluding carboxylic acids is 3. The fraction of sp³-hybridized carbons (Fsp3) is 0.500. The summed E-state index contributed by atoms with van der Waals surface area (Å²) in [5.41, 5.74) is -0.280. The largest absolute Gasteiger partial charge is 0.348 e. The predicted molar refractivity (Wildman–Crippen MR) is 84.2 cm³/mol. The second-order valence-corrected chi connectivity index (χ2v) is 7.00. The molecular formula is C18H19NO6. The van der Waals surface area contributed by atoms with Crippen LogP contribution in [0.1, 0.15) is 53.3 Å². The fourth-order valence-corrected chi connectivity index (χ4v) is 3.62. The second-order valence-electron chi connectivity index (χ2n) is 7.00. The van der Waals surface area contributed by atoms with Crippen LogP contribution in [0.15, 0.2) is 24.3 Å². The van der Waals surface area contributed by atoms with Crippen molar-refractivity contribution in [3.05, 3.63) is 35.4 Å². The summed E-state index contributed by atoms with van der Waals surface area (Å²) in [5, 5.41) is 0.575. The highest BCUT2D eigenvalue weighted by Crippen LogP contribution is 2.45. The lowest BCUT2D eigenvalue weighted by atomic mass is 9.73. The van der Waals surface area contributed by atoms with Gasteiger partial charge in [-0.15, -0.1) is 0 Å². The molecule has 2 fully saturated rings. The molecule has 7 nitrogen and oxygen atoms in total. The average Bonchev–Trinajstić information content (AvgIpc) is 3.18. The number of hydrogen-bond acceptors (Lipinski definition) is 6. The van der Waals surface area contributed by atoms with Gasteiger partial charge in [0.1, 0.15) is 0 Å². The van der Waals surface area contributed by atoms with Crippen LogP contribution >= 0.6 is 0 Å². The van der Waals surface area contributed by atoms with E-state index in [0.29, 0.717) is 44.0 Å². The molecule has 0 bridgehead atoms. The van der Waals surface area contributed by atoms with Crippen molar-refractivity contribution in [3.63, 3.8) is 0 Å². The molecule has 1 saturated carbocycles. The quantitative estimate of drug-likeness (QED) is 0.763. The Bertz CT molecular complexity index is 707. The van der Waals surface area contributed by atoms with Crippen molar-refractivity contribution in [2.45, 2.75) is 38.4 Å². The van der Waals surface area contributed by atoms with Crippen molar-refractivity contribution in [2.75, 3.05) is 13.2 Å². The maximum absolute atomic E-state index is 12.7. The summed E-state index contributed by atoms with van der Waals surface area (Å²) in [6.45, 7) is 2.92. The van der Waals surface area contributed by atoms with Gasteiger partial charge in [0, 0.05) is 12.8 Å². The van der Waals surface area contributed by atoms with E-state index in [-0.39, 0.29) is 11.1 Å². The Morgan fingerprint density at radius 2 is 1.52 bits per heavy atom. The molecule has 0 N–H and O–H groups in total. The fourth-order valence-electron chi connectivity index (χ4n) is 3.62. The summed E-state index contributed by atoms with van der Waals surface area (Å²) in [5.74, 6) is -2.37. The third-order valence-electron chi connectivity index (χ3n) is 5.35. The number of ether oxygens (including phenoxy) is 2. The second kappa shape index (κ2) is 5.64. The van der Waals surface area contributed by atoms with E-state index in [0.717, 1.165) is 0 Å². The van der Waals surface area contributed by atoms with Gasteiger partial charge >= 0.3 is 5.97 Å². The van der Waals surface area contributed by atoms with Crippen molar-refractivity contribution >= 4 is 17.8 Å². The van der Waals surface area contributed by atoms with Crippen LogP contribution in [-0.2, 0) is 19.1 Å². The molecule has 0 atom stereocenters. The minimum atomic E-state index is -0.782. The van der Waals surface area contributed by atoms with Gasteiger partial charge < -0.3 is 14.3 Å². The van der Waals surface area contributed by atoms with Crippen molar-refractivity contribution in [3.8, 4) is 0 Å². The molecule has 1 aromatic carbocycles. The molecule has 1 saturated heterocycles. The zero-order valence-corrected chi connectivity index (χ0v) is 13.9. The normalized spacial score (nSPS) is 23.8. The maximum atomic E-state index is 12.7. The Morgan fingerprint density at radius 1 is 1.00 bits per heavy atom. The first-order valence-corrected chi connectivity index (χ1v) is 8.42. The summed E-state index contributed by atoms with van der Waals surface area (Å²) in [4.78, 5) is 42.5. The lowest BCUT2D eigenvalue weighted by molar-refractivity contribution is -0.207. The predicted octanol–water partition coefficient (Wildman–Crippen LogP) is 2.06. The van der Waals surface area contributed by atoms with Crippen LogP contribution in [0, 0.1) is 5.41 Å². The first-order valence-electron chi connectivity index (χ1n) is 8.42. The molecule has 4 rings (SSSR count). The standard InChI is InChI=1S/C18H19NO6/c1-17(6-8-18(9-7-17)23-10-11-24-18)16(22)25-19-14(20)12-4-2-3-5-13(12)15(19)21/h2-5H,6-11H2,1H3. The van der Waals surface area contributed by atoms with Crippen molar-refractivity contribution in [2.24, 2.45) is 5.41 Å². The number of nitrogens with zero attached hydrogens (tertiary/aromatic N) is 1. The first-order chi connectivity index (χ1) is 11.9. The van der Waals surface area contributed by atoms with Crippen LogP contribution in [0.2, 0.25) is 0 Å². The Kier molecular flexibility index (Phi) is 3.66. The van der Waals surface area contributed by atoms with E-state index in [1.54, 1.807) is 31.2 Å². The molecule has 2 heterocycles.